The number of rotatable bonds is 1. The van der Waals surface area contributed by atoms with Crippen molar-refractivity contribution in [2.24, 2.45) is 0 Å². The molecule has 0 aromatic heterocycles. The molecule has 1 aromatic rings. The highest BCUT2D eigenvalue weighted by Gasteiger charge is 1.92. The van der Waals surface area contributed by atoms with Gasteiger partial charge in [0, 0.05) is 6.93 Å². The Balaban J connectivity index is 2.85. The van der Waals surface area contributed by atoms with Gasteiger partial charge in [0.1, 0.15) is 0 Å². The van der Waals surface area contributed by atoms with Gasteiger partial charge in [-0.05, 0) is 6.90 Å². The van der Waals surface area contributed by atoms with E-state index in [-0.39, 0.29) is 12.7 Å². The maximum Gasteiger partial charge on any atom is 0.159 e. The number of carbonyl (C=O) groups excluding carboxylic acids is 1. The molecule has 1 rings (SSSR count). The molecule has 46 valence electrons. The van der Waals surface area contributed by atoms with Crippen molar-refractivity contribution in [1.82, 2.24) is 0 Å². The maximum absolute atomic E-state index is 10.8. The molecule has 0 aliphatic heterocycles. The summed E-state index contributed by atoms with van der Waals surface area (Å²) in [5.74, 6) is -0.124. The van der Waals surface area contributed by atoms with Crippen molar-refractivity contribution in [3.63, 3.8) is 0 Å². The lowest BCUT2D eigenvalue weighted by molar-refractivity contribution is 0.101. The first-order valence-electron chi connectivity index (χ1n) is 3.43. The molecule has 0 atom stereocenters. The van der Waals surface area contributed by atoms with Crippen LogP contribution in [-0.4, -0.2) is 5.78 Å². The number of hydrogen-bond acceptors (Lipinski definition) is 1. The molecule has 9 heavy (non-hydrogen) atoms. The molecule has 0 amide bonds. The third-order valence-electron chi connectivity index (χ3n) is 1.10. The number of hydrogen-bond donors (Lipinski definition) is 0. The van der Waals surface area contributed by atoms with Gasteiger partial charge in [0.25, 0.3) is 0 Å². The first-order valence-corrected chi connectivity index (χ1v) is 2.72. The van der Waals surface area contributed by atoms with Crippen molar-refractivity contribution in [1.29, 1.82) is 0 Å². The summed E-state index contributed by atoms with van der Waals surface area (Å²) >= 11 is 0. The quantitative estimate of drug-likeness (QED) is 0.518. The van der Waals surface area contributed by atoms with Gasteiger partial charge in [0.15, 0.2) is 5.78 Å². The van der Waals surface area contributed by atoms with E-state index in [9.17, 15) is 4.79 Å². The molecule has 0 heterocycles. The molecule has 0 N–H and O–H groups in total. The monoisotopic (exact) mass is 121 g/mol. The smallest absolute Gasteiger partial charge is 0.159 e. The average Bonchev–Trinajstić information content (AvgIpc) is 2.05. The van der Waals surface area contributed by atoms with Crippen molar-refractivity contribution < 1.29 is 6.17 Å². The van der Waals surface area contributed by atoms with Gasteiger partial charge >= 0.3 is 0 Å². The second-order valence-corrected chi connectivity index (χ2v) is 1.79. The fourth-order valence-corrected chi connectivity index (χ4v) is 0.624. The largest absolute Gasteiger partial charge is 0.295 e. The summed E-state index contributed by atoms with van der Waals surface area (Å²) in [7, 11) is 0. The van der Waals surface area contributed by atoms with Gasteiger partial charge in [-0.25, -0.2) is 0 Å². The van der Waals surface area contributed by atoms with E-state index in [0.717, 1.165) is 0 Å². The molecule has 0 saturated heterocycles. The standard InChI is InChI=1S/C8H8O/c1-7(9)8-5-3-2-4-6-8/h2-6H,1H3/i1D. The molecular weight excluding hydrogens is 112 g/mol. The normalized spacial score (nSPS) is 10.4. The van der Waals surface area contributed by atoms with Gasteiger partial charge in [-0.15, -0.1) is 0 Å². The van der Waals surface area contributed by atoms with Gasteiger partial charge in [-0.1, -0.05) is 30.3 Å². The van der Waals surface area contributed by atoms with Crippen molar-refractivity contribution in [3.8, 4) is 0 Å². The second-order valence-electron chi connectivity index (χ2n) is 1.79. The lowest BCUT2D eigenvalue weighted by atomic mass is 10.2. The van der Waals surface area contributed by atoms with Crippen LogP contribution in [0.1, 0.15) is 18.6 Å². The summed E-state index contributed by atoms with van der Waals surface area (Å²) < 4.78 is 6.80. The molecule has 0 aliphatic carbocycles. The van der Waals surface area contributed by atoms with E-state index in [4.69, 9.17) is 1.37 Å². The van der Waals surface area contributed by atoms with Crippen LogP contribution in [0.5, 0.6) is 0 Å². The van der Waals surface area contributed by atoms with Crippen LogP contribution in [-0.2, 0) is 0 Å². The summed E-state index contributed by atoms with van der Waals surface area (Å²) in [6.45, 7) is -0.163. The molecular formula is C8H8O. The summed E-state index contributed by atoms with van der Waals surface area (Å²) in [6.07, 6.45) is 0. The van der Waals surface area contributed by atoms with Crippen LogP contribution in [0, 0.1) is 0 Å². The predicted octanol–water partition coefficient (Wildman–Crippen LogP) is 1.89. The van der Waals surface area contributed by atoms with Crippen molar-refractivity contribution >= 4 is 5.78 Å². The molecule has 1 heteroatoms. The summed E-state index contributed by atoms with van der Waals surface area (Å²) in [4.78, 5) is 10.8. The zero-order valence-corrected chi connectivity index (χ0v) is 5.00. The van der Waals surface area contributed by atoms with E-state index < -0.39 is 0 Å². The lowest BCUT2D eigenvalue weighted by Crippen LogP contribution is -1.88. The highest BCUT2D eigenvalue weighted by molar-refractivity contribution is 5.93. The molecule has 1 nitrogen and oxygen atoms in total. The van der Waals surface area contributed by atoms with Gasteiger partial charge in [-0.2, -0.15) is 0 Å². The van der Waals surface area contributed by atoms with Gasteiger partial charge in [0.2, 0.25) is 0 Å². The highest BCUT2D eigenvalue weighted by atomic mass is 16.1. The van der Waals surface area contributed by atoms with E-state index in [1.807, 2.05) is 6.07 Å². The lowest BCUT2D eigenvalue weighted by Gasteiger charge is -1.89. The minimum absolute atomic E-state index is 0.124. The average molecular weight is 121 g/mol. The van der Waals surface area contributed by atoms with Crippen LogP contribution in [0.25, 0.3) is 0 Å². The summed E-state index contributed by atoms with van der Waals surface area (Å²) in [6, 6.07) is 8.88. The predicted molar refractivity (Wildman–Crippen MR) is 36.4 cm³/mol. The van der Waals surface area contributed by atoms with Gasteiger partial charge in [-0.3, -0.25) is 4.79 Å². The Morgan fingerprint density at radius 3 is 2.67 bits per heavy atom. The molecule has 0 fully saturated rings. The Hall–Kier alpha value is -1.11. The van der Waals surface area contributed by atoms with Crippen molar-refractivity contribution in [2.75, 3.05) is 0 Å². The van der Waals surface area contributed by atoms with Crippen molar-refractivity contribution in [2.45, 2.75) is 6.90 Å². The first kappa shape index (κ1) is 4.74. The third kappa shape index (κ3) is 1.39. The minimum Gasteiger partial charge on any atom is -0.295 e. The number of benzene rings is 1. The van der Waals surface area contributed by atoms with Crippen LogP contribution in [0.2, 0.25) is 0 Å². The van der Waals surface area contributed by atoms with E-state index in [1.54, 1.807) is 24.3 Å². The summed E-state index contributed by atoms with van der Waals surface area (Å²) in [5, 5.41) is 0. The Kier molecular flexibility index (Phi) is 1.29. The molecule has 0 saturated carbocycles. The zero-order valence-electron chi connectivity index (χ0n) is 6.00. The SMILES string of the molecule is [2H]CC(=O)c1ccccc1. The topological polar surface area (TPSA) is 17.1 Å². The molecule has 1 aromatic carbocycles. The third-order valence-corrected chi connectivity index (χ3v) is 1.10. The molecule has 0 unspecified atom stereocenters. The fourth-order valence-electron chi connectivity index (χ4n) is 0.624. The molecule has 0 aliphatic rings. The van der Waals surface area contributed by atoms with E-state index in [1.165, 1.54) is 0 Å². The van der Waals surface area contributed by atoms with Crippen LogP contribution in [0.4, 0.5) is 0 Å². The van der Waals surface area contributed by atoms with E-state index in [0.29, 0.717) is 5.56 Å². The second kappa shape index (κ2) is 2.44. The molecule has 0 bridgehead atoms. The van der Waals surface area contributed by atoms with Crippen LogP contribution < -0.4 is 0 Å². The highest BCUT2D eigenvalue weighted by Crippen LogP contribution is 1.97. The Labute approximate surface area is 55.7 Å². The molecule has 0 spiro atoms. The number of Topliss-reactive ketones (excluding diaryl/α,β-unsaturated/α-hetero) is 1. The van der Waals surface area contributed by atoms with E-state index in [2.05, 4.69) is 0 Å². The maximum atomic E-state index is 10.8. The first-order chi connectivity index (χ1) is 4.84. The van der Waals surface area contributed by atoms with E-state index >= 15 is 0 Å². The minimum atomic E-state index is -0.163. The van der Waals surface area contributed by atoms with Crippen molar-refractivity contribution in [3.05, 3.63) is 35.9 Å². The van der Waals surface area contributed by atoms with Crippen LogP contribution >= 0.6 is 0 Å². The van der Waals surface area contributed by atoms with Gasteiger partial charge in [0.05, 0.1) is 0 Å². The van der Waals surface area contributed by atoms with Crippen LogP contribution in [0.15, 0.2) is 30.3 Å². The van der Waals surface area contributed by atoms with Gasteiger partial charge < -0.3 is 0 Å². The van der Waals surface area contributed by atoms with Crippen LogP contribution in [0.3, 0.4) is 0 Å². The Bertz CT molecular complexity index is 218. The number of carbonyl (C=O) groups is 1. The Morgan fingerprint density at radius 2 is 2.11 bits per heavy atom. The Morgan fingerprint density at radius 1 is 1.44 bits per heavy atom. The number of ketones is 1. The molecule has 0 radical (unpaired) electrons. The summed E-state index contributed by atoms with van der Waals surface area (Å²) in [5.41, 5.74) is 0.623. The zero-order chi connectivity index (χ0) is 7.40. The fraction of sp³-hybridized carbons (Fsp3) is 0.125.